The fourth-order valence-corrected chi connectivity index (χ4v) is 2.68. The summed E-state index contributed by atoms with van der Waals surface area (Å²) in [6, 6.07) is 16.6. The monoisotopic (exact) mass is 307 g/mol. The van der Waals surface area contributed by atoms with Gasteiger partial charge >= 0.3 is 0 Å². The zero-order chi connectivity index (χ0) is 16.4. The van der Waals surface area contributed by atoms with Gasteiger partial charge in [0.1, 0.15) is 5.56 Å². The Kier molecular flexibility index (Phi) is 3.85. The fourth-order valence-electron chi connectivity index (χ4n) is 2.68. The van der Waals surface area contributed by atoms with Crippen LogP contribution >= 0.6 is 0 Å². The van der Waals surface area contributed by atoms with Gasteiger partial charge in [0.05, 0.1) is 11.2 Å². The molecule has 5 heteroatoms. The molecule has 0 fully saturated rings. The van der Waals surface area contributed by atoms with Crippen molar-refractivity contribution in [3.8, 4) is 0 Å². The van der Waals surface area contributed by atoms with Crippen molar-refractivity contribution in [3.63, 3.8) is 0 Å². The van der Waals surface area contributed by atoms with E-state index in [0.29, 0.717) is 11.4 Å². The number of para-hydroxylation sites is 2. The number of nitrogens with one attached hydrogen (secondary N) is 2. The van der Waals surface area contributed by atoms with Gasteiger partial charge in [0, 0.05) is 25.2 Å². The van der Waals surface area contributed by atoms with Crippen LogP contribution in [0.5, 0.6) is 0 Å². The lowest BCUT2D eigenvalue weighted by Crippen LogP contribution is -2.29. The van der Waals surface area contributed by atoms with Gasteiger partial charge in [-0.15, -0.1) is 0 Å². The Hall–Kier alpha value is -3.08. The van der Waals surface area contributed by atoms with E-state index in [1.165, 1.54) is 4.57 Å². The number of rotatable bonds is 3. The van der Waals surface area contributed by atoms with Crippen LogP contribution < -0.4 is 16.2 Å². The highest BCUT2D eigenvalue weighted by molar-refractivity contribution is 6.12. The van der Waals surface area contributed by atoms with Crippen LogP contribution in [-0.2, 0) is 7.05 Å². The Balaban J connectivity index is 2.19. The molecule has 2 aromatic carbocycles. The molecule has 0 aliphatic heterocycles. The highest BCUT2D eigenvalue weighted by Crippen LogP contribution is 2.25. The summed E-state index contributed by atoms with van der Waals surface area (Å²) in [4.78, 5) is 25.3. The number of aromatic nitrogens is 1. The van der Waals surface area contributed by atoms with E-state index in [1.54, 1.807) is 26.2 Å². The lowest BCUT2D eigenvalue weighted by molar-refractivity contribution is 0.102. The first-order valence-electron chi connectivity index (χ1n) is 7.29. The number of carbonyl (C=O) groups is 1. The Morgan fingerprint density at radius 3 is 2.35 bits per heavy atom. The van der Waals surface area contributed by atoms with Crippen molar-refractivity contribution in [2.45, 2.75) is 0 Å². The summed E-state index contributed by atoms with van der Waals surface area (Å²) in [7, 11) is 3.38. The van der Waals surface area contributed by atoms with Crippen LogP contribution in [0, 0.1) is 0 Å². The Morgan fingerprint density at radius 1 is 1.00 bits per heavy atom. The second-order valence-corrected chi connectivity index (χ2v) is 5.20. The third kappa shape index (κ3) is 2.57. The quantitative estimate of drug-likeness (QED) is 0.782. The van der Waals surface area contributed by atoms with Crippen LogP contribution in [0.2, 0.25) is 0 Å². The molecule has 3 rings (SSSR count). The summed E-state index contributed by atoms with van der Waals surface area (Å²) < 4.78 is 1.50. The number of anilines is 2. The van der Waals surface area contributed by atoms with Gasteiger partial charge in [-0.05, 0) is 18.2 Å². The first-order chi connectivity index (χ1) is 11.1. The van der Waals surface area contributed by atoms with Gasteiger partial charge in [-0.2, -0.15) is 0 Å². The third-order valence-corrected chi connectivity index (χ3v) is 3.81. The molecule has 23 heavy (non-hydrogen) atoms. The standard InChI is InChI=1S/C18H17N3O2/c1-19-16-13-10-6-7-11-14(13)21(2)18(23)15(16)17(22)20-12-8-4-3-5-9-12/h3-11,19H,1-2H3,(H,20,22). The molecule has 5 nitrogen and oxygen atoms in total. The summed E-state index contributed by atoms with van der Waals surface area (Å²) >= 11 is 0. The SMILES string of the molecule is CNc1c(C(=O)Nc2ccccc2)c(=O)n(C)c2ccccc12. The summed E-state index contributed by atoms with van der Waals surface area (Å²) in [6.45, 7) is 0. The predicted octanol–water partition coefficient (Wildman–Crippen LogP) is 2.83. The van der Waals surface area contributed by atoms with E-state index in [9.17, 15) is 9.59 Å². The van der Waals surface area contributed by atoms with Gasteiger partial charge in [-0.3, -0.25) is 9.59 Å². The smallest absolute Gasteiger partial charge is 0.265 e. The summed E-state index contributed by atoms with van der Waals surface area (Å²) in [6.07, 6.45) is 0. The summed E-state index contributed by atoms with van der Waals surface area (Å²) in [5, 5.41) is 6.60. The van der Waals surface area contributed by atoms with E-state index >= 15 is 0 Å². The summed E-state index contributed by atoms with van der Waals surface area (Å²) in [5.41, 5.74) is 1.74. The normalized spacial score (nSPS) is 10.5. The minimum atomic E-state index is -0.424. The number of nitrogens with zero attached hydrogens (tertiary/aromatic N) is 1. The van der Waals surface area contributed by atoms with Gasteiger partial charge in [0.25, 0.3) is 11.5 Å². The molecular weight excluding hydrogens is 290 g/mol. The highest BCUT2D eigenvalue weighted by atomic mass is 16.2. The average Bonchev–Trinajstić information content (AvgIpc) is 2.58. The third-order valence-electron chi connectivity index (χ3n) is 3.81. The first-order valence-corrected chi connectivity index (χ1v) is 7.29. The Morgan fingerprint density at radius 2 is 1.65 bits per heavy atom. The molecule has 0 bridgehead atoms. The van der Waals surface area contributed by atoms with Crippen LogP contribution in [0.4, 0.5) is 11.4 Å². The van der Waals surface area contributed by atoms with Crippen molar-refractivity contribution in [1.82, 2.24) is 4.57 Å². The Labute approximate surface area is 133 Å². The number of pyridine rings is 1. The van der Waals surface area contributed by atoms with E-state index in [4.69, 9.17) is 0 Å². The van der Waals surface area contributed by atoms with Gasteiger partial charge in [0.15, 0.2) is 0 Å². The molecule has 0 atom stereocenters. The molecule has 0 radical (unpaired) electrons. The average molecular weight is 307 g/mol. The minimum Gasteiger partial charge on any atom is -0.387 e. The van der Waals surface area contributed by atoms with Crippen molar-refractivity contribution < 1.29 is 4.79 Å². The maximum absolute atomic E-state index is 12.7. The van der Waals surface area contributed by atoms with E-state index < -0.39 is 5.91 Å². The minimum absolute atomic E-state index is 0.109. The second kappa shape index (κ2) is 5.96. The Bertz CT molecular complexity index is 930. The van der Waals surface area contributed by atoms with Gasteiger partial charge < -0.3 is 15.2 Å². The molecular formula is C18H17N3O2. The van der Waals surface area contributed by atoms with Crippen molar-refractivity contribution >= 4 is 28.2 Å². The van der Waals surface area contributed by atoms with E-state index in [-0.39, 0.29) is 11.1 Å². The molecule has 1 heterocycles. The number of aryl methyl sites for hydroxylation is 1. The number of fused-ring (bicyclic) bond motifs is 1. The van der Waals surface area contributed by atoms with Crippen LogP contribution in [0.3, 0.4) is 0 Å². The fraction of sp³-hybridized carbons (Fsp3) is 0.111. The van der Waals surface area contributed by atoms with Crippen LogP contribution in [0.25, 0.3) is 10.9 Å². The summed E-state index contributed by atoms with van der Waals surface area (Å²) in [5.74, 6) is -0.424. The lowest BCUT2D eigenvalue weighted by Gasteiger charge is -2.15. The van der Waals surface area contributed by atoms with Crippen LogP contribution in [0.15, 0.2) is 59.4 Å². The largest absolute Gasteiger partial charge is 0.387 e. The predicted molar refractivity (Wildman–Crippen MR) is 93.1 cm³/mol. The molecule has 3 aromatic rings. The highest BCUT2D eigenvalue weighted by Gasteiger charge is 2.20. The van der Waals surface area contributed by atoms with Gasteiger partial charge in [0.2, 0.25) is 0 Å². The molecule has 1 amide bonds. The number of benzene rings is 2. The lowest BCUT2D eigenvalue weighted by atomic mass is 10.1. The maximum atomic E-state index is 12.7. The first kappa shape index (κ1) is 14.8. The molecule has 116 valence electrons. The topological polar surface area (TPSA) is 63.1 Å². The molecule has 0 aliphatic rings. The van der Waals surface area contributed by atoms with Crippen molar-refractivity contribution in [2.75, 3.05) is 17.7 Å². The van der Waals surface area contributed by atoms with Gasteiger partial charge in [-0.1, -0.05) is 36.4 Å². The number of hydrogen-bond donors (Lipinski definition) is 2. The van der Waals surface area contributed by atoms with Crippen molar-refractivity contribution in [3.05, 3.63) is 70.5 Å². The molecule has 1 aromatic heterocycles. The zero-order valence-corrected chi connectivity index (χ0v) is 13.0. The van der Waals surface area contributed by atoms with Crippen molar-refractivity contribution in [2.24, 2.45) is 7.05 Å². The second-order valence-electron chi connectivity index (χ2n) is 5.20. The molecule has 0 saturated heterocycles. The number of amides is 1. The molecule has 0 aliphatic carbocycles. The number of hydrogen-bond acceptors (Lipinski definition) is 3. The molecule has 0 saturated carbocycles. The molecule has 0 spiro atoms. The molecule has 0 unspecified atom stereocenters. The number of carbonyl (C=O) groups excluding carboxylic acids is 1. The molecule has 2 N–H and O–H groups in total. The van der Waals surface area contributed by atoms with Gasteiger partial charge in [-0.25, -0.2) is 0 Å². The maximum Gasteiger partial charge on any atom is 0.265 e. The van der Waals surface area contributed by atoms with Crippen LogP contribution in [0.1, 0.15) is 10.4 Å². The zero-order valence-electron chi connectivity index (χ0n) is 13.0. The van der Waals surface area contributed by atoms with Crippen LogP contribution in [-0.4, -0.2) is 17.5 Å². The van der Waals surface area contributed by atoms with Crippen molar-refractivity contribution in [1.29, 1.82) is 0 Å². The van der Waals surface area contributed by atoms with E-state index in [2.05, 4.69) is 10.6 Å². The van der Waals surface area contributed by atoms with E-state index in [0.717, 1.165) is 10.9 Å². The van der Waals surface area contributed by atoms with E-state index in [1.807, 2.05) is 42.5 Å².